The molecular formula is C15H15FO2. The molecule has 0 saturated heterocycles. The van der Waals surface area contributed by atoms with Gasteiger partial charge >= 0.3 is 0 Å². The monoisotopic (exact) mass is 246 g/mol. The number of halogens is 1. The molecule has 2 rings (SSSR count). The van der Waals surface area contributed by atoms with Crippen molar-refractivity contribution in [2.24, 2.45) is 0 Å². The summed E-state index contributed by atoms with van der Waals surface area (Å²) in [4.78, 5) is 0. The molecule has 0 bridgehead atoms. The van der Waals surface area contributed by atoms with Crippen molar-refractivity contribution in [2.75, 3.05) is 6.61 Å². The first kappa shape index (κ1) is 12.6. The molecule has 0 spiro atoms. The summed E-state index contributed by atoms with van der Waals surface area (Å²) in [5.41, 5.74) is 1.70. The fourth-order valence-electron chi connectivity index (χ4n) is 1.68. The molecule has 0 unspecified atom stereocenters. The van der Waals surface area contributed by atoms with Crippen LogP contribution < -0.4 is 4.74 Å². The highest BCUT2D eigenvalue weighted by molar-refractivity contribution is 5.29. The Balaban J connectivity index is 1.91. The summed E-state index contributed by atoms with van der Waals surface area (Å²) in [5.74, 6) is -0.210. The Morgan fingerprint density at radius 2 is 1.78 bits per heavy atom. The van der Waals surface area contributed by atoms with Gasteiger partial charge < -0.3 is 9.84 Å². The van der Waals surface area contributed by atoms with Crippen LogP contribution in [0.2, 0.25) is 0 Å². The molecule has 2 nitrogen and oxygen atoms in total. The molecule has 0 heterocycles. The van der Waals surface area contributed by atoms with E-state index in [9.17, 15) is 4.39 Å². The number of ether oxygens (including phenoxy) is 1. The Kier molecular flexibility index (Phi) is 4.31. The highest BCUT2D eigenvalue weighted by atomic mass is 19.1. The third-order valence-electron chi connectivity index (χ3n) is 2.67. The lowest BCUT2D eigenvalue weighted by molar-refractivity contribution is 0.279. The standard InChI is InChI=1S/C15H15FO2/c16-14-10-13(11-17)6-7-15(14)18-9-8-12-4-2-1-3-5-12/h1-7,10,17H,8-9,11H2. The lowest BCUT2D eigenvalue weighted by Crippen LogP contribution is -2.03. The number of hydrogen-bond donors (Lipinski definition) is 1. The van der Waals surface area contributed by atoms with Gasteiger partial charge in [-0.25, -0.2) is 4.39 Å². The number of benzene rings is 2. The van der Waals surface area contributed by atoms with Gasteiger partial charge in [-0.15, -0.1) is 0 Å². The van der Waals surface area contributed by atoms with Gasteiger partial charge in [-0.05, 0) is 23.3 Å². The van der Waals surface area contributed by atoms with Crippen molar-refractivity contribution >= 4 is 0 Å². The maximum atomic E-state index is 13.5. The molecule has 2 aromatic carbocycles. The van der Waals surface area contributed by atoms with E-state index in [0.29, 0.717) is 12.2 Å². The van der Waals surface area contributed by atoms with Crippen molar-refractivity contribution in [3.8, 4) is 5.75 Å². The predicted octanol–water partition coefficient (Wildman–Crippen LogP) is 2.94. The third-order valence-corrected chi connectivity index (χ3v) is 2.67. The number of hydrogen-bond acceptors (Lipinski definition) is 2. The van der Waals surface area contributed by atoms with Gasteiger partial charge in [0.05, 0.1) is 13.2 Å². The van der Waals surface area contributed by atoms with Crippen molar-refractivity contribution in [3.63, 3.8) is 0 Å². The van der Waals surface area contributed by atoms with E-state index >= 15 is 0 Å². The smallest absolute Gasteiger partial charge is 0.165 e. The summed E-state index contributed by atoms with van der Waals surface area (Å²) in [7, 11) is 0. The van der Waals surface area contributed by atoms with E-state index in [1.807, 2.05) is 30.3 Å². The molecular weight excluding hydrogens is 231 g/mol. The van der Waals surface area contributed by atoms with Crippen molar-refractivity contribution in [3.05, 3.63) is 65.5 Å². The first-order chi connectivity index (χ1) is 8.79. The average Bonchev–Trinajstić information content (AvgIpc) is 2.42. The van der Waals surface area contributed by atoms with E-state index in [2.05, 4.69) is 0 Å². The quantitative estimate of drug-likeness (QED) is 0.879. The van der Waals surface area contributed by atoms with Gasteiger partial charge in [0.15, 0.2) is 11.6 Å². The molecule has 0 aliphatic carbocycles. The fourth-order valence-corrected chi connectivity index (χ4v) is 1.68. The summed E-state index contributed by atoms with van der Waals surface area (Å²) in [6, 6.07) is 14.4. The van der Waals surface area contributed by atoms with Crippen LogP contribution >= 0.6 is 0 Å². The Morgan fingerprint density at radius 1 is 1.00 bits per heavy atom. The van der Waals surface area contributed by atoms with Crippen molar-refractivity contribution < 1.29 is 14.2 Å². The largest absolute Gasteiger partial charge is 0.490 e. The molecule has 0 atom stereocenters. The van der Waals surface area contributed by atoms with Crippen LogP contribution in [0.15, 0.2) is 48.5 Å². The van der Waals surface area contributed by atoms with Crippen LogP contribution in [0.4, 0.5) is 4.39 Å². The highest BCUT2D eigenvalue weighted by Crippen LogP contribution is 2.18. The van der Waals surface area contributed by atoms with Crippen molar-refractivity contribution in [2.45, 2.75) is 13.0 Å². The Bertz CT molecular complexity index is 497. The topological polar surface area (TPSA) is 29.5 Å². The van der Waals surface area contributed by atoms with E-state index in [-0.39, 0.29) is 12.4 Å². The fraction of sp³-hybridized carbons (Fsp3) is 0.200. The zero-order chi connectivity index (χ0) is 12.8. The Morgan fingerprint density at radius 3 is 2.44 bits per heavy atom. The molecule has 1 N–H and O–H groups in total. The Labute approximate surface area is 106 Å². The van der Waals surface area contributed by atoms with Gasteiger partial charge in [0.1, 0.15) is 0 Å². The maximum absolute atomic E-state index is 13.5. The second kappa shape index (κ2) is 6.17. The van der Waals surface area contributed by atoms with Gasteiger partial charge in [0.2, 0.25) is 0 Å². The van der Waals surface area contributed by atoms with Crippen LogP contribution in [0.25, 0.3) is 0 Å². The summed E-state index contributed by atoms with van der Waals surface area (Å²) < 4.78 is 18.9. The molecule has 18 heavy (non-hydrogen) atoms. The molecule has 0 saturated carbocycles. The highest BCUT2D eigenvalue weighted by Gasteiger charge is 2.04. The summed E-state index contributed by atoms with van der Waals surface area (Å²) in [5, 5.41) is 8.87. The van der Waals surface area contributed by atoms with Crippen LogP contribution in [0.1, 0.15) is 11.1 Å². The number of aliphatic hydroxyl groups excluding tert-OH is 1. The predicted molar refractivity (Wildman–Crippen MR) is 68.0 cm³/mol. The SMILES string of the molecule is OCc1ccc(OCCc2ccccc2)c(F)c1. The van der Waals surface area contributed by atoms with Crippen LogP contribution in [-0.2, 0) is 13.0 Å². The summed E-state index contributed by atoms with van der Waals surface area (Å²) >= 11 is 0. The average molecular weight is 246 g/mol. The normalized spacial score (nSPS) is 10.3. The molecule has 0 aliphatic heterocycles. The first-order valence-corrected chi connectivity index (χ1v) is 5.85. The molecule has 0 aliphatic rings. The van der Waals surface area contributed by atoms with E-state index < -0.39 is 5.82 Å². The molecule has 0 aromatic heterocycles. The van der Waals surface area contributed by atoms with E-state index in [0.717, 1.165) is 12.0 Å². The van der Waals surface area contributed by atoms with E-state index in [1.165, 1.54) is 6.07 Å². The van der Waals surface area contributed by atoms with Gasteiger partial charge in [-0.1, -0.05) is 36.4 Å². The van der Waals surface area contributed by atoms with Crippen LogP contribution in [0.5, 0.6) is 5.75 Å². The summed E-state index contributed by atoms with van der Waals surface area (Å²) in [6.07, 6.45) is 0.738. The molecule has 0 fully saturated rings. The van der Waals surface area contributed by atoms with Gasteiger partial charge in [0, 0.05) is 6.42 Å². The second-order valence-electron chi connectivity index (χ2n) is 4.01. The number of aliphatic hydroxyl groups is 1. The Hall–Kier alpha value is -1.87. The van der Waals surface area contributed by atoms with Crippen LogP contribution in [0, 0.1) is 5.82 Å². The minimum atomic E-state index is -0.436. The summed E-state index contributed by atoms with van der Waals surface area (Å²) in [6.45, 7) is 0.265. The van der Waals surface area contributed by atoms with Crippen molar-refractivity contribution in [1.82, 2.24) is 0 Å². The zero-order valence-corrected chi connectivity index (χ0v) is 9.97. The molecule has 0 amide bonds. The zero-order valence-electron chi connectivity index (χ0n) is 9.97. The molecule has 2 aromatic rings. The van der Waals surface area contributed by atoms with E-state index in [1.54, 1.807) is 12.1 Å². The maximum Gasteiger partial charge on any atom is 0.165 e. The lowest BCUT2D eigenvalue weighted by atomic mass is 10.2. The van der Waals surface area contributed by atoms with Crippen LogP contribution in [-0.4, -0.2) is 11.7 Å². The molecule has 94 valence electrons. The lowest BCUT2D eigenvalue weighted by Gasteiger charge is -2.08. The van der Waals surface area contributed by atoms with Gasteiger partial charge in [0.25, 0.3) is 0 Å². The van der Waals surface area contributed by atoms with Crippen molar-refractivity contribution in [1.29, 1.82) is 0 Å². The minimum absolute atomic E-state index is 0.165. The minimum Gasteiger partial charge on any atom is -0.490 e. The molecule has 3 heteroatoms. The van der Waals surface area contributed by atoms with Gasteiger partial charge in [-0.2, -0.15) is 0 Å². The van der Waals surface area contributed by atoms with E-state index in [4.69, 9.17) is 9.84 Å². The third kappa shape index (κ3) is 3.31. The second-order valence-corrected chi connectivity index (χ2v) is 4.01. The number of rotatable bonds is 5. The molecule has 0 radical (unpaired) electrons. The first-order valence-electron chi connectivity index (χ1n) is 5.85. The van der Waals surface area contributed by atoms with Crippen LogP contribution in [0.3, 0.4) is 0 Å². The van der Waals surface area contributed by atoms with Gasteiger partial charge in [-0.3, -0.25) is 0 Å².